The van der Waals surface area contributed by atoms with Crippen LogP contribution in [0.4, 0.5) is 5.69 Å². The molecule has 2 rings (SSSR count). The number of hydrogen-bond acceptors (Lipinski definition) is 4. The van der Waals surface area contributed by atoms with Crippen molar-refractivity contribution in [3.63, 3.8) is 0 Å². The van der Waals surface area contributed by atoms with Gasteiger partial charge in [0, 0.05) is 18.3 Å². The Balaban J connectivity index is 1.98. The molecule has 0 aliphatic carbocycles. The Morgan fingerprint density at radius 1 is 1.35 bits per heavy atom. The second-order valence-electron chi connectivity index (χ2n) is 7.55. The van der Waals surface area contributed by atoms with Crippen molar-refractivity contribution in [2.45, 2.75) is 46.5 Å². The van der Waals surface area contributed by atoms with Crippen molar-refractivity contribution in [3.8, 4) is 11.5 Å². The van der Waals surface area contributed by atoms with Crippen LogP contribution in [0.15, 0.2) is 18.2 Å². The number of amides is 1. The van der Waals surface area contributed by atoms with E-state index in [2.05, 4.69) is 31.0 Å². The molecule has 1 aliphatic heterocycles. The number of ether oxygens (including phenoxy) is 2. The van der Waals surface area contributed by atoms with Crippen molar-refractivity contribution in [1.29, 1.82) is 0 Å². The van der Waals surface area contributed by atoms with Gasteiger partial charge in [0.15, 0.2) is 11.5 Å². The van der Waals surface area contributed by atoms with Crippen molar-refractivity contribution < 1.29 is 14.3 Å². The third kappa shape index (κ3) is 6.20. The van der Waals surface area contributed by atoms with Gasteiger partial charge in [-0.1, -0.05) is 27.2 Å². The van der Waals surface area contributed by atoms with E-state index in [4.69, 9.17) is 9.47 Å². The van der Waals surface area contributed by atoms with Crippen molar-refractivity contribution >= 4 is 11.6 Å². The molecule has 0 spiro atoms. The summed E-state index contributed by atoms with van der Waals surface area (Å²) in [6, 6.07) is 5.58. The first kappa shape index (κ1) is 20.6. The van der Waals surface area contributed by atoms with Crippen LogP contribution in [0, 0.1) is 11.8 Å². The number of anilines is 1. The van der Waals surface area contributed by atoms with Crippen molar-refractivity contribution in [2.75, 3.05) is 38.7 Å². The molecule has 1 atom stereocenters. The van der Waals surface area contributed by atoms with Gasteiger partial charge in [-0.25, -0.2) is 0 Å². The summed E-state index contributed by atoms with van der Waals surface area (Å²) in [4.78, 5) is 15.1. The predicted molar refractivity (Wildman–Crippen MR) is 106 cm³/mol. The van der Waals surface area contributed by atoms with Gasteiger partial charge in [0.1, 0.15) is 0 Å². The Morgan fingerprint density at radius 2 is 2.15 bits per heavy atom. The number of nitrogens with zero attached hydrogens (tertiary/aromatic N) is 1. The minimum Gasteiger partial charge on any atom is -0.493 e. The van der Waals surface area contributed by atoms with E-state index in [0.29, 0.717) is 24.0 Å². The van der Waals surface area contributed by atoms with Crippen LogP contribution < -0.4 is 14.8 Å². The number of nitrogens with one attached hydrogen (secondary N) is 1. The van der Waals surface area contributed by atoms with Gasteiger partial charge >= 0.3 is 0 Å². The van der Waals surface area contributed by atoms with Crippen molar-refractivity contribution in [1.82, 2.24) is 4.90 Å². The Labute approximate surface area is 158 Å². The smallest absolute Gasteiger partial charge is 0.228 e. The molecule has 1 aromatic carbocycles. The van der Waals surface area contributed by atoms with E-state index >= 15 is 0 Å². The maximum Gasteiger partial charge on any atom is 0.228 e. The number of piperidine rings is 1. The number of likely N-dealkylation sites (tertiary alicyclic amines) is 1. The van der Waals surface area contributed by atoms with E-state index in [0.717, 1.165) is 38.2 Å². The molecule has 0 saturated carbocycles. The van der Waals surface area contributed by atoms with Crippen LogP contribution in [0.5, 0.6) is 11.5 Å². The van der Waals surface area contributed by atoms with Gasteiger partial charge in [-0.2, -0.15) is 0 Å². The summed E-state index contributed by atoms with van der Waals surface area (Å²) in [7, 11) is 1.63. The zero-order valence-corrected chi connectivity index (χ0v) is 16.7. The average molecular weight is 363 g/mol. The lowest BCUT2D eigenvalue weighted by Crippen LogP contribution is -2.41. The summed E-state index contributed by atoms with van der Waals surface area (Å²) in [5, 5.41) is 3.07. The van der Waals surface area contributed by atoms with Crippen molar-refractivity contribution in [2.24, 2.45) is 11.8 Å². The van der Waals surface area contributed by atoms with Gasteiger partial charge in [-0.05, 0) is 50.4 Å². The van der Waals surface area contributed by atoms with Gasteiger partial charge in [0.2, 0.25) is 5.91 Å². The molecule has 0 aromatic heterocycles. The fourth-order valence-corrected chi connectivity index (χ4v) is 3.22. The molecule has 146 valence electrons. The van der Waals surface area contributed by atoms with E-state index in [1.165, 1.54) is 12.8 Å². The summed E-state index contributed by atoms with van der Waals surface area (Å²) in [5.74, 6) is 1.95. The monoisotopic (exact) mass is 362 g/mol. The molecule has 1 heterocycles. The standard InChI is InChI=1S/C21H34N2O3/c1-5-6-11-23-12-7-8-17(14-23)21(24)22-18-9-10-19(25-4)20(13-18)26-15-16(2)3/h9-10,13,16-17H,5-8,11-12,14-15H2,1-4H3,(H,22,24). The molecular formula is C21H34N2O3. The largest absolute Gasteiger partial charge is 0.493 e. The number of methoxy groups -OCH3 is 1. The normalized spacial score (nSPS) is 18.0. The van der Waals surface area contributed by atoms with Gasteiger partial charge < -0.3 is 19.7 Å². The van der Waals surface area contributed by atoms with Gasteiger partial charge in [-0.15, -0.1) is 0 Å². The van der Waals surface area contributed by atoms with E-state index in [1.54, 1.807) is 7.11 Å². The highest BCUT2D eigenvalue weighted by Crippen LogP contribution is 2.31. The zero-order chi connectivity index (χ0) is 18.9. The van der Waals surface area contributed by atoms with Gasteiger partial charge in [-0.3, -0.25) is 4.79 Å². The second kappa shape index (κ2) is 10.4. The molecule has 1 unspecified atom stereocenters. The quantitative estimate of drug-likeness (QED) is 0.716. The van der Waals surface area contributed by atoms with E-state index in [-0.39, 0.29) is 11.8 Å². The Hall–Kier alpha value is -1.75. The molecule has 5 nitrogen and oxygen atoms in total. The van der Waals surface area contributed by atoms with Crippen LogP contribution in [-0.2, 0) is 4.79 Å². The SMILES string of the molecule is CCCCN1CCCC(C(=O)Nc2ccc(OC)c(OCC(C)C)c2)C1. The van der Waals surface area contributed by atoms with Crippen LogP contribution in [0.25, 0.3) is 0 Å². The number of benzene rings is 1. The first-order chi connectivity index (χ1) is 12.5. The minimum absolute atomic E-state index is 0.0581. The third-order valence-electron chi connectivity index (χ3n) is 4.71. The Morgan fingerprint density at radius 3 is 2.85 bits per heavy atom. The summed E-state index contributed by atoms with van der Waals surface area (Å²) < 4.78 is 11.2. The highest BCUT2D eigenvalue weighted by molar-refractivity contribution is 5.93. The fraction of sp³-hybridized carbons (Fsp3) is 0.667. The molecule has 26 heavy (non-hydrogen) atoms. The minimum atomic E-state index is 0.0581. The number of hydrogen-bond donors (Lipinski definition) is 1. The molecule has 1 aromatic rings. The average Bonchev–Trinajstić information content (AvgIpc) is 2.65. The molecule has 1 aliphatic rings. The topological polar surface area (TPSA) is 50.8 Å². The second-order valence-corrected chi connectivity index (χ2v) is 7.55. The summed E-state index contributed by atoms with van der Waals surface area (Å²) in [6.45, 7) is 10.1. The maximum atomic E-state index is 12.7. The first-order valence-corrected chi connectivity index (χ1v) is 9.87. The summed E-state index contributed by atoms with van der Waals surface area (Å²) >= 11 is 0. The zero-order valence-electron chi connectivity index (χ0n) is 16.7. The van der Waals surface area contributed by atoms with Crippen LogP contribution in [-0.4, -0.2) is 44.2 Å². The molecule has 5 heteroatoms. The Bertz CT molecular complexity index is 574. The third-order valence-corrected chi connectivity index (χ3v) is 4.71. The van der Waals surface area contributed by atoms with E-state index in [1.807, 2.05) is 18.2 Å². The Kier molecular flexibility index (Phi) is 8.23. The highest BCUT2D eigenvalue weighted by Gasteiger charge is 2.25. The van der Waals surface area contributed by atoms with Gasteiger partial charge in [0.05, 0.1) is 19.6 Å². The van der Waals surface area contributed by atoms with Crippen LogP contribution in [0.2, 0.25) is 0 Å². The molecule has 0 radical (unpaired) electrons. The van der Waals surface area contributed by atoms with Crippen LogP contribution in [0.3, 0.4) is 0 Å². The highest BCUT2D eigenvalue weighted by atomic mass is 16.5. The maximum absolute atomic E-state index is 12.7. The molecular weight excluding hydrogens is 328 g/mol. The summed E-state index contributed by atoms with van der Waals surface area (Å²) in [6.07, 6.45) is 4.44. The van der Waals surface area contributed by atoms with E-state index in [9.17, 15) is 4.79 Å². The number of unbranched alkanes of at least 4 members (excludes halogenated alkanes) is 1. The fourth-order valence-electron chi connectivity index (χ4n) is 3.22. The van der Waals surface area contributed by atoms with Crippen molar-refractivity contribution in [3.05, 3.63) is 18.2 Å². The molecule has 1 fully saturated rings. The summed E-state index contributed by atoms with van der Waals surface area (Å²) in [5.41, 5.74) is 0.764. The van der Waals surface area contributed by atoms with E-state index < -0.39 is 0 Å². The predicted octanol–water partition coefficient (Wildman–Crippen LogP) is 4.18. The number of rotatable bonds is 9. The first-order valence-electron chi connectivity index (χ1n) is 9.87. The molecule has 1 N–H and O–H groups in total. The lowest BCUT2D eigenvalue weighted by atomic mass is 9.96. The number of carbonyl (C=O) groups excluding carboxylic acids is 1. The lowest BCUT2D eigenvalue weighted by molar-refractivity contribution is -0.121. The van der Waals surface area contributed by atoms with Crippen LogP contribution >= 0.6 is 0 Å². The van der Waals surface area contributed by atoms with Gasteiger partial charge in [0.25, 0.3) is 0 Å². The molecule has 1 saturated heterocycles. The number of carbonyl (C=O) groups is 1. The lowest BCUT2D eigenvalue weighted by Gasteiger charge is -2.31. The molecule has 1 amide bonds. The van der Waals surface area contributed by atoms with Crippen LogP contribution in [0.1, 0.15) is 46.5 Å². The molecule has 0 bridgehead atoms.